The minimum Gasteiger partial charge on any atom is -0.393 e. The molecule has 1 aromatic carbocycles. The van der Waals surface area contributed by atoms with E-state index in [2.05, 4.69) is 0 Å². The summed E-state index contributed by atoms with van der Waals surface area (Å²) in [4.78, 5) is 0.217. The highest BCUT2D eigenvalue weighted by molar-refractivity contribution is 7.91. The molecule has 0 heterocycles. The monoisotopic (exact) mass is 256 g/mol. The van der Waals surface area contributed by atoms with Crippen LogP contribution in [0.2, 0.25) is 0 Å². The van der Waals surface area contributed by atoms with Crippen LogP contribution in [0.3, 0.4) is 0 Å². The van der Waals surface area contributed by atoms with Gasteiger partial charge in [0.2, 0.25) is 0 Å². The summed E-state index contributed by atoms with van der Waals surface area (Å²) >= 11 is 0. The highest BCUT2D eigenvalue weighted by Crippen LogP contribution is 2.32. The molecule has 1 aliphatic rings. The first kappa shape index (κ1) is 12.5. The van der Waals surface area contributed by atoms with Crippen molar-refractivity contribution in [3.05, 3.63) is 30.3 Å². The van der Waals surface area contributed by atoms with Crippen LogP contribution in [0.4, 0.5) is 0 Å². The quantitative estimate of drug-likeness (QED) is 0.836. The molecule has 2 atom stereocenters. The van der Waals surface area contributed by atoms with Crippen molar-refractivity contribution in [3.63, 3.8) is 0 Å². The van der Waals surface area contributed by atoms with Gasteiger partial charge in [0.25, 0.3) is 0 Å². The topological polar surface area (TPSA) is 74.6 Å². The molecule has 1 aromatic rings. The van der Waals surface area contributed by atoms with Crippen LogP contribution >= 0.6 is 0 Å². The molecule has 1 saturated carbocycles. The summed E-state index contributed by atoms with van der Waals surface area (Å²) in [6, 6.07) is 8.09. The zero-order chi connectivity index (χ0) is 12.5. The van der Waals surface area contributed by atoms with E-state index in [0.29, 0.717) is 12.8 Å². The van der Waals surface area contributed by atoms with Gasteiger partial charge in [-0.25, -0.2) is 8.42 Å². The van der Waals surface area contributed by atoms with Crippen molar-refractivity contribution in [1.29, 1.82) is 0 Å². The summed E-state index contributed by atoms with van der Waals surface area (Å²) in [6.07, 6.45) is 0.339. The Labute approximate surface area is 101 Å². The summed E-state index contributed by atoms with van der Waals surface area (Å²) in [5, 5.41) is 19.5. The predicted octanol–water partition coefficient (Wildman–Crippen LogP) is 0.736. The van der Waals surface area contributed by atoms with Gasteiger partial charge in [-0.1, -0.05) is 18.2 Å². The van der Waals surface area contributed by atoms with E-state index in [1.165, 1.54) is 12.1 Å². The normalized spacial score (nSPS) is 29.4. The second-order valence-corrected chi connectivity index (χ2v) is 6.68. The molecular weight excluding hydrogens is 240 g/mol. The lowest BCUT2D eigenvalue weighted by molar-refractivity contribution is 0.0535. The molecule has 0 bridgehead atoms. The van der Waals surface area contributed by atoms with Gasteiger partial charge in [0.05, 0.1) is 22.4 Å². The summed E-state index contributed by atoms with van der Waals surface area (Å²) in [6.45, 7) is 0. The van der Waals surface area contributed by atoms with Gasteiger partial charge in [-0.05, 0) is 25.0 Å². The molecular formula is C12H16O4S. The van der Waals surface area contributed by atoms with Gasteiger partial charge < -0.3 is 10.2 Å². The number of hydrogen-bond acceptors (Lipinski definition) is 4. The van der Waals surface area contributed by atoms with Crippen molar-refractivity contribution in [3.8, 4) is 0 Å². The molecule has 2 N–H and O–H groups in total. The molecule has 0 amide bonds. The number of benzene rings is 1. The van der Waals surface area contributed by atoms with Gasteiger partial charge in [0.15, 0.2) is 9.84 Å². The second kappa shape index (κ2) is 4.40. The zero-order valence-electron chi connectivity index (χ0n) is 9.41. The average molecular weight is 256 g/mol. The lowest BCUT2D eigenvalue weighted by Crippen LogP contribution is -2.35. The smallest absolute Gasteiger partial charge is 0.181 e. The molecule has 2 rings (SSSR count). The summed E-state index contributed by atoms with van der Waals surface area (Å²) < 4.78 is 24.1. The summed E-state index contributed by atoms with van der Waals surface area (Å²) in [5.41, 5.74) is -1.28. The first-order valence-electron chi connectivity index (χ1n) is 5.60. The van der Waals surface area contributed by atoms with Crippen molar-refractivity contribution >= 4 is 9.84 Å². The third-order valence-electron chi connectivity index (χ3n) is 3.12. The molecule has 5 heteroatoms. The maximum atomic E-state index is 12.1. The van der Waals surface area contributed by atoms with E-state index in [-0.39, 0.29) is 17.1 Å². The van der Waals surface area contributed by atoms with Crippen LogP contribution in [0.25, 0.3) is 0 Å². The molecule has 17 heavy (non-hydrogen) atoms. The van der Waals surface area contributed by atoms with Crippen molar-refractivity contribution in [2.24, 2.45) is 0 Å². The molecule has 94 valence electrons. The first-order chi connectivity index (χ1) is 7.91. The highest BCUT2D eigenvalue weighted by atomic mass is 32.2. The molecule has 4 nitrogen and oxygen atoms in total. The van der Waals surface area contributed by atoms with E-state index < -0.39 is 21.5 Å². The second-order valence-electron chi connectivity index (χ2n) is 4.69. The lowest BCUT2D eigenvalue weighted by atomic mass is 10.1. The third-order valence-corrected chi connectivity index (χ3v) is 5.03. The van der Waals surface area contributed by atoms with Gasteiger partial charge >= 0.3 is 0 Å². The van der Waals surface area contributed by atoms with E-state index >= 15 is 0 Å². The fraction of sp³-hybridized carbons (Fsp3) is 0.500. The van der Waals surface area contributed by atoms with Gasteiger partial charge in [-0.2, -0.15) is 0 Å². The van der Waals surface area contributed by atoms with Crippen LogP contribution in [0, 0.1) is 0 Å². The van der Waals surface area contributed by atoms with Crippen LogP contribution < -0.4 is 0 Å². The highest BCUT2D eigenvalue weighted by Gasteiger charge is 2.40. The summed E-state index contributed by atoms with van der Waals surface area (Å²) in [5.74, 6) is -0.318. The van der Waals surface area contributed by atoms with Crippen LogP contribution in [0.5, 0.6) is 0 Å². The molecule has 0 aliphatic heterocycles. The van der Waals surface area contributed by atoms with Crippen molar-refractivity contribution in [2.75, 3.05) is 5.75 Å². The number of aliphatic hydroxyl groups is 2. The minimum absolute atomic E-state index is 0.138. The maximum absolute atomic E-state index is 12.1. The number of rotatable bonds is 3. The van der Waals surface area contributed by atoms with Crippen molar-refractivity contribution in [2.45, 2.75) is 35.9 Å². The average Bonchev–Trinajstić information content (AvgIpc) is 2.58. The van der Waals surface area contributed by atoms with Crippen LogP contribution in [0.15, 0.2) is 35.2 Å². The third kappa shape index (κ3) is 2.86. The molecule has 0 aromatic heterocycles. The van der Waals surface area contributed by atoms with E-state index in [1.54, 1.807) is 18.2 Å². The Morgan fingerprint density at radius 2 is 1.94 bits per heavy atom. The fourth-order valence-electron chi connectivity index (χ4n) is 2.27. The number of aliphatic hydroxyl groups excluding tert-OH is 1. The fourth-order valence-corrected chi connectivity index (χ4v) is 3.98. The maximum Gasteiger partial charge on any atom is 0.181 e. The Bertz CT molecular complexity index is 482. The van der Waals surface area contributed by atoms with Gasteiger partial charge in [-0.15, -0.1) is 0 Å². The standard InChI is InChI=1S/C12H16O4S/c13-10-6-7-12(14,8-10)9-17(15,16)11-4-2-1-3-5-11/h1-5,10,13-14H,6-9H2. The molecule has 2 unspecified atom stereocenters. The SMILES string of the molecule is O=S(=O)(CC1(O)CCC(O)C1)c1ccccc1. The number of hydrogen-bond donors (Lipinski definition) is 2. The number of sulfone groups is 1. The molecule has 0 saturated heterocycles. The van der Waals surface area contributed by atoms with E-state index in [4.69, 9.17) is 0 Å². The molecule has 0 radical (unpaired) electrons. The Morgan fingerprint density at radius 1 is 1.29 bits per heavy atom. The Balaban J connectivity index is 2.19. The van der Waals surface area contributed by atoms with Gasteiger partial charge in [0, 0.05) is 6.42 Å². The zero-order valence-corrected chi connectivity index (χ0v) is 10.2. The van der Waals surface area contributed by atoms with Crippen LogP contribution in [-0.4, -0.2) is 36.1 Å². The van der Waals surface area contributed by atoms with Gasteiger partial charge in [0.1, 0.15) is 0 Å². The summed E-state index contributed by atoms with van der Waals surface area (Å²) in [7, 11) is -3.49. The largest absolute Gasteiger partial charge is 0.393 e. The van der Waals surface area contributed by atoms with E-state index in [9.17, 15) is 18.6 Å². The van der Waals surface area contributed by atoms with Crippen molar-refractivity contribution in [1.82, 2.24) is 0 Å². The first-order valence-corrected chi connectivity index (χ1v) is 7.25. The molecule has 1 aliphatic carbocycles. The Morgan fingerprint density at radius 3 is 2.47 bits per heavy atom. The van der Waals surface area contributed by atoms with E-state index in [1.807, 2.05) is 0 Å². The minimum atomic E-state index is -3.49. The van der Waals surface area contributed by atoms with Crippen LogP contribution in [0.1, 0.15) is 19.3 Å². The lowest BCUT2D eigenvalue weighted by Gasteiger charge is -2.21. The Hall–Kier alpha value is -0.910. The van der Waals surface area contributed by atoms with E-state index in [0.717, 1.165) is 0 Å². The predicted molar refractivity (Wildman–Crippen MR) is 63.3 cm³/mol. The van der Waals surface area contributed by atoms with Gasteiger partial charge in [-0.3, -0.25) is 0 Å². The van der Waals surface area contributed by atoms with Crippen LogP contribution in [-0.2, 0) is 9.84 Å². The van der Waals surface area contributed by atoms with Crippen molar-refractivity contribution < 1.29 is 18.6 Å². The molecule has 1 fully saturated rings. The Kier molecular flexibility index (Phi) is 3.25. The molecule has 0 spiro atoms.